The Morgan fingerprint density at radius 1 is 1.21 bits per heavy atom. The van der Waals surface area contributed by atoms with Crippen LogP contribution in [0.25, 0.3) is 0 Å². The van der Waals surface area contributed by atoms with Gasteiger partial charge in [0, 0.05) is 32.2 Å². The predicted molar refractivity (Wildman–Crippen MR) is 127 cm³/mol. The maximum absolute atomic E-state index is 13.1. The minimum absolute atomic E-state index is 0.182. The van der Waals surface area contributed by atoms with Gasteiger partial charge in [0.25, 0.3) is 5.91 Å². The summed E-state index contributed by atoms with van der Waals surface area (Å²) in [7, 11) is 0. The first-order chi connectivity index (χ1) is 16.4. The summed E-state index contributed by atoms with van der Waals surface area (Å²) in [6.07, 6.45) is -0.849. The van der Waals surface area contributed by atoms with E-state index < -0.39 is 6.09 Å². The largest absolute Gasteiger partial charge is 0.493 e. The molecule has 1 fully saturated rings. The lowest BCUT2D eigenvalue weighted by molar-refractivity contribution is -0.0292. The van der Waals surface area contributed by atoms with Crippen LogP contribution in [0, 0.1) is 5.82 Å². The van der Waals surface area contributed by atoms with Crippen molar-refractivity contribution in [2.24, 2.45) is 0 Å². The summed E-state index contributed by atoms with van der Waals surface area (Å²) >= 11 is 6.28. The fraction of sp³-hybridized carbons (Fsp3) is 0.417. The molecule has 184 valence electrons. The van der Waals surface area contributed by atoms with E-state index >= 15 is 0 Å². The Kier molecular flexibility index (Phi) is 9.50. The van der Waals surface area contributed by atoms with Crippen molar-refractivity contribution < 1.29 is 28.2 Å². The summed E-state index contributed by atoms with van der Waals surface area (Å²) in [5.74, 6) is -0.339. The van der Waals surface area contributed by atoms with Crippen LogP contribution in [0.15, 0.2) is 36.4 Å². The third kappa shape index (κ3) is 7.31. The van der Waals surface area contributed by atoms with Crippen LogP contribution < -0.4 is 15.4 Å². The van der Waals surface area contributed by atoms with Crippen molar-refractivity contribution in [2.45, 2.75) is 26.5 Å². The van der Waals surface area contributed by atoms with Gasteiger partial charge in [-0.1, -0.05) is 23.7 Å². The van der Waals surface area contributed by atoms with Crippen molar-refractivity contribution in [1.82, 2.24) is 10.2 Å². The van der Waals surface area contributed by atoms with Crippen LogP contribution in [-0.4, -0.2) is 62.5 Å². The molecule has 34 heavy (non-hydrogen) atoms. The van der Waals surface area contributed by atoms with Crippen LogP contribution in [0.3, 0.4) is 0 Å². The lowest BCUT2D eigenvalue weighted by Gasteiger charge is -2.33. The number of anilines is 1. The molecule has 3 rings (SSSR count). The Hall–Kier alpha value is -2.88. The van der Waals surface area contributed by atoms with Crippen LogP contribution in [0.4, 0.5) is 14.9 Å². The van der Waals surface area contributed by atoms with Crippen molar-refractivity contribution in [3.63, 3.8) is 0 Å². The highest BCUT2D eigenvalue weighted by atomic mass is 35.5. The Bertz CT molecular complexity index is 989. The molecule has 1 heterocycles. The molecule has 2 aromatic rings. The van der Waals surface area contributed by atoms with E-state index in [0.29, 0.717) is 38.6 Å². The van der Waals surface area contributed by atoms with E-state index in [1.165, 1.54) is 24.3 Å². The molecule has 1 saturated heterocycles. The smallest absolute Gasteiger partial charge is 0.411 e. The van der Waals surface area contributed by atoms with Crippen molar-refractivity contribution in [2.75, 3.05) is 44.8 Å². The van der Waals surface area contributed by atoms with Crippen molar-refractivity contribution >= 4 is 29.3 Å². The van der Waals surface area contributed by atoms with E-state index in [1.807, 2.05) is 0 Å². The third-order valence-corrected chi connectivity index (χ3v) is 5.47. The highest BCUT2D eigenvalue weighted by molar-refractivity contribution is 6.34. The quantitative estimate of drug-likeness (QED) is 0.547. The van der Waals surface area contributed by atoms with E-state index in [4.69, 9.17) is 25.8 Å². The molecular formula is C24H29ClFN3O5. The fourth-order valence-electron chi connectivity index (χ4n) is 3.58. The second kappa shape index (κ2) is 12.5. The highest BCUT2D eigenvalue weighted by Crippen LogP contribution is 2.31. The molecule has 1 aliphatic rings. The van der Waals surface area contributed by atoms with Crippen LogP contribution in [0.1, 0.15) is 29.8 Å². The Morgan fingerprint density at radius 2 is 1.97 bits per heavy atom. The maximum atomic E-state index is 13.1. The van der Waals surface area contributed by atoms with Gasteiger partial charge in [0.1, 0.15) is 11.6 Å². The van der Waals surface area contributed by atoms with Crippen molar-refractivity contribution in [3.8, 4) is 5.75 Å². The molecule has 8 nitrogen and oxygen atoms in total. The summed E-state index contributed by atoms with van der Waals surface area (Å²) in [6, 6.07) is 9.37. The molecule has 0 spiro atoms. The molecule has 2 amide bonds. The number of carbonyl (C=O) groups excluding carboxylic acids is 2. The predicted octanol–water partition coefficient (Wildman–Crippen LogP) is 4.08. The Balaban J connectivity index is 1.61. The highest BCUT2D eigenvalue weighted by Gasteiger charge is 2.23. The van der Waals surface area contributed by atoms with E-state index in [0.717, 1.165) is 12.1 Å². The Labute approximate surface area is 203 Å². The molecule has 0 aliphatic carbocycles. The zero-order valence-electron chi connectivity index (χ0n) is 19.2. The number of hydrogen-bond donors (Lipinski definition) is 2. The molecule has 0 bridgehead atoms. The number of nitrogens with zero attached hydrogens (tertiary/aromatic N) is 1. The average molecular weight is 494 g/mol. The third-order valence-electron chi connectivity index (χ3n) is 5.16. The van der Waals surface area contributed by atoms with E-state index in [2.05, 4.69) is 15.5 Å². The molecular weight excluding hydrogens is 465 g/mol. The van der Waals surface area contributed by atoms with Gasteiger partial charge in [-0.2, -0.15) is 0 Å². The van der Waals surface area contributed by atoms with Gasteiger partial charge in [-0.3, -0.25) is 15.0 Å². The first-order valence-corrected chi connectivity index (χ1v) is 11.5. The number of halogens is 2. The molecule has 0 radical (unpaired) electrons. The van der Waals surface area contributed by atoms with Gasteiger partial charge in [0.05, 0.1) is 42.2 Å². The molecule has 1 atom stereocenters. The lowest BCUT2D eigenvalue weighted by atomic mass is 10.1. The number of nitrogens with one attached hydrogen (secondary N) is 2. The zero-order valence-corrected chi connectivity index (χ0v) is 20.0. The van der Waals surface area contributed by atoms with Crippen LogP contribution >= 0.6 is 11.6 Å². The maximum Gasteiger partial charge on any atom is 0.411 e. The molecule has 2 N–H and O–H groups in total. The molecule has 0 aromatic heterocycles. The number of carbonyl (C=O) groups is 2. The van der Waals surface area contributed by atoms with Crippen LogP contribution in [0.2, 0.25) is 5.02 Å². The first-order valence-electron chi connectivity index (χ1n) is 11.2. The first kappa shape index (κ1) is 25.7. The second-order valence-corrected chi connectivity index (χ2v) is 8.08. The van der Waals surface area contributed by atoms with Crippen LogP contribution in [0.5, 0.6) is 5.75 Å². The topological polar surface area (TPSA) is 89.1 Å². The summed E-state index contributed by atoms with van der Waals surface area (Å²) in [6.45, 7) is 6.90. The van der Waals surface area contributed by atoms with Gasteiger partial charge in [0.2, 0.25) is 0 Å². The van der Waals surface area contributed by atoms with Crippen molar-refractivity contribution in [3.05, 3.63) is 58.4 Å². The lowest BCUT2D eigenvalue weighted by Crippen LogP contribution is -2.47. The average Bonchev–Trinajstić information content (AvgIpc) is 2.81. The van der Waals surface area contributed by atoms with Gasteiger partial charge in [-0.15, -0.1) is 0 Å². The molecule has 2 aromatic carbocycles. The normalized spacial score (nSPS) is 16.1. The van der Waals surface area contributed by atoms with E-state index in [9.17, 15) is 14.0 Å². The summed E-state index contributed by atoms with van der Waals surface area (Å²) in [5, 5.41) is 5.59. The number of benzene rings is 2. The molecule has 10 heteroatoms. The number of ether oxygens (including phenoxy) is 3. The van der Waals surface area contributed by atoms with Gasteiger partial charge in [0.15, 0.2) is 0 Å². The van der Waals surface area contributed by atoms with Crippen molar-refractivity contribution in [1.29, 1.82) is 0 Å². The van der Waals surface area contributed by atoms with Gasteiger partial charge in [-0.25, -0.2) is 9.18 Å². The standard InChI is InChI=1S/C24H29ClFN3O5/c1-3-32-22-12-21(28-24(31)33-4-2)20(25)11-19(22)23(30)27-13-18-15-29(9-10-34-18)14-16-5-7-17(26)8-6-16/h5-8,11-12,18H,3-4,9-10,13-15H2,1-2H3,(H,27,30)(H,28,31). The van der Waals surface area contributed by atoms with Gasteiger partial charge < -0.3 is 19.5 Å². The monoisotopic (exact) mass is 493 g/mol. The SMILES string of the molecule is CCOC(=O)Nc1cc(OCC)c(C(=O)NCC2CN(Cc3ccc(F)cc3)CCO2)cc1Cl. The zero-order chi connectivity index (χ0) is 24.5. The number of hydrogen-bond acceptors (Lipinski definition) is 6. The van der Waals surface area contributed by atoms with E-state index in [1.54, 1.807) is 26.0 Å². The summed E-state index contributed by atoms with van der Waals surface area (Å²) in [5.41, 5.74) is 1.55. The minimum atomic E-state index is -0.649. The fourth-order valence-corrected chi connectivity index (χ4v) is 3.79. The number of amides is 2. The molecule has 1 aliphatic heterocycles. The molecule has 1 unspecified atom stereocenters. The van der Waals surface area contributed by atoms with Crippen LogP contribution in [-0.2, 0) is 16.0 Å². The number of morpholine rings is 1. The number of rotatable bonds is 9. The van der Waals surface area contributed by atoms with E-state index in [-0.39, 0.29) is 40.7 Å². The summed E-state index contributed by atoms with van der Waals surface area (Å²) in [4.78, 5) is 26.8. The summed E-state index contributed by atoms with van der Waals surface area (Å²) < 4.78 is 29.4. The second-order valence-electron chi connectivity index (χ2n) is 7.67. The van der Waals surface area contributed by atoms with Gasteiger partial charge in [-0.05, 0) is 37.6 Å². The molecule has 0 saturated carbocycles. The Morgan fingerprint density at radius 3 is 2.68 bits per heavy atom. The minimum Gasteiger partial charge on any atom is -0.493 e. The van der Waals surface area contributed by atoms with Gasteiger partial charge >= 0.3 is 6.09 Å².